The minimum absolute atomic E-state index is 0.189. The quantitative estimate of drug-likeness (QED) is 0.426. The number of aromatic amines is 1. The van der Waals surface area contributed by atoms with Crippen LogP contribution in [-0.4, -0.2) is 49.8 Å². The molecule has 2 fully saturated rings. The third kappa shape index (κ3) is 3.30. The van der Waals surface area contributed by atoms with Crippen LogP contribution in [0, 0.1) is 11.3 Å². The summed E-state index contributed by atoms with van der Waals surface area (Å²) in [4.78, 5) is 3.81. The van der Waals surface area contributed by atoms with Crippen LogP contribution in [0.2, 0.25) is 0 Å². The van der Waals surface area contributed by atoms with Gasteiger partial charge in [-0.05, 0) is 93.2 Å². The summed E-state index contributed by atoms with van der Waals surface area (Å²) in [5, 5.41) is 35.0. The van der Waals surface area contributed by atoms with E-state index in [1.807, 2.05) is 25.2 Å². The molecule has 2 aromatic rings. The molecule has 1 aromatic heterocycles. The molecular formula is C32H41NO4. The average molecular weight is 504 g/mol. The Morgan fingerprint density at radius 1 is 1.22 bits per heavy atom. The zero-order valence-corrected chi connectivity index (χ0v) is 22.8. The fourth-order valence-electron chi connectivity index (χ4n) is 8.38. The first-order chi connectivity index (χ1) is 17.3. The number of rotatable bonds is 3. The number of nitrogens with one attached hydrogen (secondary N) is 1. The largest absolute Gasteiger partial charge is 0.386 e. The minimum Gasteiger partial charge on any atom is -0.386 e. The highest BCUT2D eigenvalue weighted by Crippen LogP contribution is 2.69. The lowest BCUT2D eigenvalue weighted by molar-refractivity contribution is -0.185. The molecule has 3 aliphatic carbocycles. The summed E-state index contributed by atoms with van der Waals surface area (Å²) in [5.41, 5.74) is 3.88. The fraction of sp³-hybridized carbons (Fsp3) is 0.562. The smallest absolute Gasteiger partial charge is 0.108 e. The summed E-state index contributed by atoms with van der Waals surface area (Å²) < 4.78 is 6.34. The number of benzene rings is 1. The van der Waals surface area contributed by atoms with E-state index < -0.39 is 28.8 Å². The van der Waals surface area contributed by atoms with Crippen LogP contribution in [0.3, 0.4) is 0 Å². The molecule has 0 radical (unpaired) electrons. The van der Waals surface area contributed by atoms with E-state index >= 15 is 0 Å². The van der Waals surface area contributed by atoms with Gasteiger partial charge in [0, 0.05) is 27.4 Å². The maximum atomic E-state index is 12.6. The molecule has 6 rings (SSSR count). The van der Waals surface area contributed by atoms with Gasteiger partial charge in [-0.3, -0.25) is 0 Å². The second-order valence-electron chi connectivity index (χ2n) is 13.1. The topological polar surface area (TPSA) is 85.7 Å². The summed E-state index contributed by atoms with van der Waals surface area (Å²) in [6, 6.07) is 6.31. The first-order valence-electron chi connectivity index (χ1n) is 13.8. The predicted octanol–water partition coefficient (Wildman–Crippen LogP) is 5.34. The van der Waals surface area contributed by atoms with Crippen molar-refractivity contribution in [2.24, 2.45) is 11.3 Å². The lowest BCUT2D eigenvalue weighted by Gasteiger charge is -2.65. The molecule has 0 spiro atoms. The van der Waals surface area contributed by atoms with Crippen LogP contribution in [0.25, 0.3) is 17.0 Å². The summed E-state index contributed by atoms with van der Waals surface area (Å²) in [7, 11) is 0. The van der Waals surface area contributed by atoms with Gasteiger partial charge in [0.15, 0.2) is 0 Å². The SMILES string of the molecule is C=C(C)C1OC2CCC3(C)C(O)(CCC4Cc5c([nH]c6cccc(C=CC(C)(C)O)c56)C43C)C2=CC1O. The minimum atomic E-state index is -1.05. The summed E-state index contributed by atoms with van der Waals surface area (Å²) in [5.74, 6) is 0.421. The Kier molecular flexibility index (Phi) is 5.38. The van der Waals surface area contributed by atoms with Gasteiger partial charge in [0.05, 0.1) is 17.3 Å². The van der Waals surface area contributed by atoms with Crippen molar-refractivity contribution in [1.29, 1.82) is 0 Å². The number of hydrogen-bond donors (Lipinski definition) is 4. The highest BCUT2D eigenvalue weighted by molar-refractivity contribution is 5.94. The van der Waals surface area contributed by atoms with E-state index in [-0.39, 0.29) is 11.5 Å². The molecule has 5 heteroatoms. The normalized spacial score (nSPS) is 39.2. The van der Waals surface area contributed by atoms with Gasteiger partial charge in [0.25, 0.3) is 0 Å². The Hall–Kier alpha value is -2.18. The van der Waals surface area contributed by atoms with Crippen molar-refractivity contribution >= 4 is 17.0 Å². The Morgan fingerprint density at radius 2 is 1.97 bits per heavy atom. The Balaban J connectivity index is 1.49. The standard InChI is InChI=1S/C32H41NO4/c1-18(2)27-24(34)17-22-25(37-27)12-14-30(5)31(6)20(11-15-32(22,30)36)16-21-26-19(10-13-29(3,4)35)8-7-9-23(26)33-28(21)31/h7-10,13,17,20,24-25,27,33-36H,1,11-12,14-16H2,2-6H3. The molecule has 1 aliphatic heterocycles. The monoisotopic (exact) mass is 503 g/mol. The van der Waals surface area contributed by atoms with Crippen molar-refractivity contribution in [1.82, 2.24) is 4.98 Å². The zero-order chi connectivity index (χ0) is 26.5. The maximum absolute atomic E-state index is 12.6. The third-order valence-electron chi connectivity index (χ3n) is 10.5. The van der Waals surface area contributed by atoms with Gasteiger partial charge in [0.2, 0.25) is 0 Å². The highest BCUT2D eigenvalue weighted by atomic mass is 16.5. The molecule has 4 aliphatic rings. The van der Waals surface area contributed by atoms with Gasteiger partial charge in [-0.15, -0.1) is 0 Å². The van der Waals surface area contributed by atoms with Gasteiger partial charge in [-0.25, -0.2) is 0 Å². The lowest BCUT2D eigenvalue weighted by Crippen LogP contribution is -2.67. The summed E-state index contributed by atoms with van der Waals surface area (Å²) >= 11 is 0. The van der Waals surface area contributed by atoms with Crippen LogP contribution in [0.1, 0.15) is 77.1 Å². The lowest BCUT2D eigenvalue weighted by atomic mass is 9.42. The molecule has 0 amide bonds. The number of aliphatic hydroxyl groups excluding tert-OH is 1. The second kappa shape index (κ2) is 7.92. The van der Waals surface area contributed by atoms with Gasteiger partial charge < -0.3 is 25.0 Å². The molecule has 0 saturated heterocycles. The van der Waals surface area contributed by atoms with Gasteiger partial charge in [-0.1, -0.05) is 44.7 Å². The molecule has 1 aromatic carbocycles. The molecule has 0 bridgehead atoms. The van der Waals surface area contributed by atoms with E-state index in [4.69, 9.17) is 4.74 Å². The Bertz CT molecular complexity index is 1340. The van der Waals surface area contributed by atoms with Crippen LogP contribution in [0.5, 0.6) is 0 Å². The third-order valence-corrected chi connectivity index (χ3v) is 10.5. The average Bonchev–Trinajstić information content (AvgIpc) is 3.33. The van der Waals surface area contributed by atoms with E-state index in [1.54, 1.807) is 13.8 Å². The molecule has 7 atom stereocenters. The molecule has 4 N–H and O–H groups in total. The number of hydrogen-bond acceptors (Lipinski definition) is 4. The second-order valence-corrected chi connectivity index (χ2v) is 13.1. The van der Waals surface area contributed by atoms with E-state index in [1.165, 1.54) is 16.6 Å². The van der Waals surface area contributed by atoms with Crippen LogP contribution in [0.4, 0.5) is 0 Å². The summed E-state index contributed by atoms with van der Waals surface area (Å²) in [6.07, 6.45) is 8.60. The van der Waals surface area contributed by atoms with E-state index in [0.717, 1.165) is 47.9 Å². The van der Waals surface area contributed by atoms with Crippen LogP contribution in [-0.2, 0) is 16.6 Å². The Labute approximate surface area is 219 Å². The van der Waals surface area contributed by atoms with Gasteiger partial charge >= 0.3 is 0 Å². The Morgan fingerprint density at radius 3 is 2.68 bits per heavy atom. The number of H-pyrrole nitrogens is 1. The molecule has 2 heterocycles. The van der Waals surface area contributed by atoms with Crippen molar-refractivity contribution in [3.8, 4) is 0 Å². The summed E-state index contributed by atoms with van der Waals surface area (Å²) in [6.45, 7) is 14.1. The number of ether oxygens (including phenoxy) is 1. The first-order valence-corrected chi connectivity index (χ1v) is 13.8. The van der Waals surface area contributed by atoms with E-state index in [9.17, 15) is 15.3 Å². The number of aliphatic hydroxyl groups is 3. The molecule has 7 unspecified atom stereocenters. The van der Waals surface area contributed by atoms with Crippen molar-refractivity contribution in [3.63, 3.8) is 0 Å². The molecule has 5 nitrogen and oxygen atoms in total. The van der Waals surface area contributed by atoms with Crippen LogP contribution >= 0.6 is 0 Å². The van der Waals surface area contributed by atoms with Crippen molar-refractivity contribution in [2.75, 3.05) is 0 Å². The molecule has 2 saturated carbocycles. The van der Waals surface area contributed by atoms with E-state index in [2.05, 4.69) is 43.6 Å². The van der Waals surface area contributed by atoms with Crippen molar-refractivity contribution in [3.05, 3.63) is 64.9 Å². The first kappa shape index (κ1) is 25.1. The van der Waals surface area contributed by atoms with Gasteiger partial charge in [-0.2, -0.15) is 0 Å². The van der Waals surface area contributed by atoms with E-state index in [0.29, 0.717) is 12.3 Å². The molecule has 198 valence electrons. The highest BCUT2D eigenvalue weighted by Gasteiger charge is 2.69. The molecule has 37 heavy (non-hydrogen) atoms. The number of fused-ring (bicyclic) bond motifs is 9. The van der Waals surface area contributed by atoms with Crippen molar-refractivity contribution in [2.45, 2.75) is 102 Å². The fourth-order valence-corrected chi connectivity index (χ4v) is 8.38. The van der Waals surface area contributed by atoms with Gasteiger partial charge in [0.1, 0.15) is 12.2 Å². The van der Waals surface area contributed by atoms with Crippen molar-refractivity contribution < 1.29 is 20.1 Å². The predicted molar refractivity (Wildman–Crippen MR) is 147 cm³/mol. The zero-order valence-electron chi connectivity index (χ0n) is 22.8. The molecular weight excluding hydrogens is 462 g/mol. The maximum Gasteiger partial charge on any atom is 0.108 e. The number of aromatic nitrogens is 1. The van der Waals surface area contributed by atoms with Crippen LogP contribution in [0.15, 0.2) is 48.1 Å². The van der Waals surface area contributed by atoms with Crippen LogP contribution < -0.4 is 0 Å².